The second kappa shape index (κ2) is 6.80. The molecule has 3 aromatic rings. The van der Waals surface area contributed by atoms with Crippen LogP contribution in [0.2, 0.25) is 0 Å². The Bertz CT molecular complexity index is 884. The first-order valence-electron chi connectivity index (χ1n) is 8.50. The molecule has 1 aliphatic carbocycles. The third-order valence-corrected chi connectivity index (χ3v) is 5.57. The molecule has 4 rings (SSSR count). The van der Waals surface area contributed by atoms with Crippen LogP contribution in [0.1, 0.15) is 35.8 Å². The van der Waals surface area contributed by atoms with Gasteiger partial charge in [0.15, 0.2) is 0 Å². The third kappa shape index (κ3) is 3.35. The average Bonchev–Trinajstić information content (AvgIpc) is 3.24. The van der Waals surface area contributed by atoms with Crippen LogP contribution in [0.25, 0.3) is 10.6 Å². The molecule has 1 N–H and O–H groups in total. The molecule has 5 nitrogen and oxygen atoms in total. The summed E-state index contributed by atoms with van der Waals surface area (Å²) in [6, 6.07) is 10.1. The van der Waals surface area contributed by atoms with Gasteiger partial charge in [-0.25, -0.2) is 4.98 Å². The van der Waals surface area contributed by atoms with Crippen LogP contribution in [0.5, 0.6) is 0 Å². The zero-order valence-electron chi connectivity index (χ0n) is 14.1. The van der Waals surface area contributed by atoms with E-state index < -0.39 is 0 Å². The number of nitrogens with one attached hydrogen (secondary N) is 1. The molecule has 0 saturated carbocycles. The van der Waals surface area contributed by atoms with Crippen molar-refractivity contribution in [3.8, 4) is 10.6 Å². The Labute approximate surface area is 150 Å². The van der Waals surface area contributed by atoms with Crippen molar-refractivity contribution in [1.82, 2.24) is 20.1 Å². The molecular formula is C19H20N4OS. The van der Waals surface area contributed by atoms with E-state index in [1.807, 2.05) is 53.6 Å². The quantitative estimate of drug-likeness (QED) is 0.784. The molecule has 128 valence electrons. The van der Waals surface area contributed by atoms with Crippen molar-refractivity contribution < 1.29 is 4.79 Å². The Balaban J connectivity index is 1.43. The molecule has 0 bridgehead atoms. The number of carbonyl (C=O) groups excluding carboxylic acids is 1. The van der Waals surface area contributed by atoms with Gasteiger partial charge in [-0.3, -0.25) is 9.48 Å². The maximum Gasteiger partial charge on any atom is 0.226 e. The molecule has 2 heterocycles. The van der Waals surface area contributed by atoms with Gasteiger partial charge >= 0.3 is 0 Å². The standard InChI is InChI=1S/C19H20N4OS/c1-23-17-9-5-8-16(15(17)11-20-23)22-18(24)10-14-12-25-19(21-14)13-6-3-2-4-7-13/h2-4,6-7,11-12,16H,5,8-10H2,1H3,(H,22,24)/t16-/m1/s1. The number of nitrogens with zero attached hydrogens (tertiary/aromatic N) is 3. The fourth-order valence-electron chi connectivity index (χ4n) is 3.37. The molecule has 25 heavy (non-hydrogen) atoms. The van der Waals surface area contributed by atoms with E-state index in [2.05, 4.69) is 15.4 Å². The number of hydrogen-bond donors (Lipinski definition) is 1. The van der Waals surface area contributed by atoms with Crippen molar-refractivity contribution in [2.75, 3.05) is 0 Å². The predicted molar refractivity (Wildman–Crippen MR) is 98.3 cm³/mol. The number of rotatable bonds is 4. The highest BCUT2D eigenvalue weighted by atomic mass is 32.1. The van der Waals surface area contributed by atoms with Crippen molar-refractivity contribution in [2.45, 2.75) is 31.7 Å². The van der Waals surface area contributed by atoms with E-state index in [0.717, 1.165) is 41.1 Å². The molecule has 0 saturated heterocycles. The van der Waals surface area contributed by atoms with Crippen molar-refractivity contribution in [3.63, 3.8) is 0 Å². The smallest absolute Gasteiger partial charge is 0.226 e. The lowest BCUT2D eigenvalue weighted by molar-refractivity contribution is -0.121. The van der Waals surface area contributed by atoms with Crippen molar-refractivity contribution in [2.24, 2.45) is 7.05 Å². The molecule has 1 atom stereocenters. The largest absolute Gasteiger partial charge is 0.349 e. The van der Waals surface area contributed by atoms with Crippen LogP contribution in [-0.2, 0) is 24.7 Å². The van der Waals surface area contributed by atoms with Gasteiger partial charge in [-0.05, 0) is 19.3 Å². The number of hydrogen-bond acceptors (Lipinski definition) is 4. The average molecular weight is 352 g/mol. The van der Waals surface area contributed by atoms with Crippen LogP contribution in [0, 0.1) is 0 Å². The summed E-state index contributed by atoms with van der Waals surface area (Å²) >= 11 is 1.58. The molecule has 1 amide bonds. The molecule has 1 aliphatic rings. The minimum Gasteiger partial charge on any atom is -0.349 e. The molecule has 1 aromatic carbocycles. The zero-order valence-corrected chi connectivity index (χ0v) is 14.9. The number of fused-ring (bicyclic) bond motifs is 1. The van der Waals surface area contributed by atoms with Gasteiger partial charge in [0.25, 0.3) is 0 Å². The first kappa shape index (κ1) is 16.0. The van der Waals surface area contributed by atoms with E-state index in [0.29, 0.717) is 6.42 Å². The molecule has 0 unspecified atom stereocenters. The monoisotopic (exact) mass is 352 g/mol. The van der Waals surface area contributed by atoms with Gasteiger partial charge < -0.3 is 5.32 Å². The SMILES string of the molecule is Cn1ncc2c1CCC[C@H]2NC(=O)Cc1csc(-c2ccccc2)n1. The second-order valence-electron chi connectivity index (χ2n) is 6.37. The summed E-state index contributed by atoms with van der Waals surface area (Å²) in [7, 11) is 1.96. The predicted octanol–water partition coefficient (Wildman–Crippen LogP) is 3.28. The summed E-state index contributed by atoms with van der Waals surface area (Å²) in [5.41, 5.74) is 4.30. The van der Waals surface area contributed by atoms with E-state index in [1.54, 1.807) is 11.3 Å². The third-order valence-electron chi connectivity index (χ3n) is 4.63. The summed E-state index contributed by atoms with van der Waals surface area (Å²) in [6.45, 7) is 0. The Morgan fingerprint density at radius 3 is 3.04 bits per heavy atom. The number of thiazole rings is 1. The van der Waals surface area contributed by atoms with Gasteiger partial charge in [0.05, 0.1) is 24.4 Å². The number of benzene rings is 1. The Hall–Kier alpha value is -2.47. The Kier molecular flexibility index (Phi) is 4.36. The topological polar surface area (TPSA) is 59.8 Å². The second-order valence-corrected chi connectivity index (χ2v) is 7.23. The van der Waals surface area contributed by atoms with Gasteiger partial charge in [0.2, 0.25) is 5.91 Å². The molecule has 0 spiro atoms. The van der Waals surface area contributed by atoms with E-state index in [9.17, 15) is 4.79 Å². The molecule has 0 radical (unpaired) electrons. The highest BCUT2D eigenvalue weighted by molar-refractivity contribution is 7.13. The Morgan fingerprint density at radius 1 is 1.36 bits per heavy atom. The van der Waals surface area contributed by atoms with Gasteiger partial charge in [-0.2, -0.15) is 5.10 Å². The van der Waals surface area contributed by atoms with E-state index in [-0.39, 0.29) is 11.9 Å². The number of carbonyl (C=O) groups is 1. The first-order chi connectivity index (χ1) is 12.2. The molecule has 2 aromatic heterocycles. The van der Waals surface area contributed by atoms with E-state index in [1.165, 1.54) is 5.69 Å². The van der Waals surface area contributed by atoms with Crippen LogP contribution in [0.4, 0.5) is 0 Å². The fraction of sp³-hybridized carbons (Fsp3) is 0.316. The first-order valence-corrected chi connectivity index (χ1v) is 9.38. The van der Waals surface area contributed by atoms with Gasteiger partial charge in [-0.15, -0.1) is 11.3 Å². The maximum absolute atomic E-state index is 12.5. The fourth-order valence-corrected chi connectivity index (χ4v) is 4.19. The summed E-state index contributed by atoms with van der Waals surface area (Å²) in [5, 5.41) is 10.4. The minimum atomic E-state index is 0.0200. The van der Waals surface area contributed by atoms with Crippen molar-refractivity contribution >= 4 is 17.2 Å². The summed E-state index contributed by atoms with van der Waals surface area (Å²) in [6.07, 6.45) is 5.28. The van der Waals surface area contributed by atoms with Crippen LogP contribution >= 0.6 is 11.3 Å². The van der Waals surface area contributed by atoms with Crippen LogP contribution in [0.15, 0.2) is 41.9 Å². The van der Waals surface area contributed by atoms with Crippen LogP contribution < -0.4 is 5.32 Å². The molecule has 6 heteroatoms. The lowest BCUT2D eigenvalue weighted by Crippen LogP contribution is -2.32. The van der Waals surface area contributed by atoms with Crippen LogP contribution in [-0.4, -0.2) is 20.7 Å². The van der Waals surface area contributed by atoms with Crippen LogP contribution in [0.3, 0.4) is 0 Å². The molecular weight excluding hydrogens is 332 g/mol. The summed E-state index contributed by atoms with van der Waals surface area (Å²) < 4.78 is 1.92. The van der Waals surface area contributed by atoms with Gasteiger partial charge in [-0.1, -0.05) is 30.3 Å². The van der Waals surface area contributed by atoms with Gasteiger partial charge in [0.1, 0.15) is 5.01 Å². The number of aromatic nitrogens is 3. The van der Waals surface area contributed by atoms with Gasteiger partial charge in [0, 0.05) is 29.2 Å². The highest BCUT2D eigenvalue weighted by Gasteiger charge is 2.24. The normalized spacial score (nSPS) is 16.4. The zero-order chi connectivity index (χ0) is 17.2. The lowest BCUT2D eigenvalue weighted by Gasteiger charge is -2.23. The van der Waals surface area contributed by atoms with Crippen molar-refractivity contribution in [3.05, 3.63) is 58.9 Å². The number of amides is 1. The Morgan fingerprint density at radius 2 is 2.20 bits per heavy atom. The van der Waals surface area contributed by atoms with E-state index in [4.69, 9.17) is 0 Å². The van der Waals surface area contributed by atoms with E-state index >= 15 is 0 Å². The highest BCUT2D eigenvalue weighted by Crippen LogP contribution is 2.29. The summed E-state index contributed by atoms with van der Waals surface area (Å²) in [5.74, 6) is 0.0200. The lowest BCUT2D eigenvalue weighted by atomic mass is 9.93. The summed E-state index contributed by atoms with van der Waals surface area (Å²) in [4.78, 5) is 17.1. The minimum absolute atomic E-state index is 0.0200. The number of aryl methyl sites for hydroxylation is 1. The molecule has 0 fully saturated rings. The maximum atomic E-state index is 12.5. The molecule has 0 aliphatic heterocycles. The van der Waals surface area contributed by atoms with Crippen molar-refractivity contribution in [1.29, 1.82) is 0 Å².